The summed E-state index contributed by atoms with van der Waals surface area (Å²) in [6.45, 7) is 0. The first-order valence-electron chi connectivity index (χ1n) is 19.0. The second kappa shape index (κ2) is 12.7. The van der Waals surface area contributed by atoms with Crippen LogP contribution in [0.4, 0.5) is 0 Å². The minimum Gasteiger partial charge on any atom is -0.308 e. The van der Waals surface area contributed by atoms with Gasteiger partial charge in [0.2, 0.25) is 0 Å². The van der Waals surface area contributed by atoms with Crippen LogP contribution in [0.3, 0.4) is 0 Å². The molecule has 0 aliphatic carbocycles. The summed E-state index contributed by atoms with van der Waals surface area (Å²) < 4.78 is 2.47. The third-order valence-corrected chi connectivity index (χ3v) is 11.4. The van der Waals surface area contributed by atoms with Crippen LogP contribution < -0.4 is 0 Å². The lowest BCUT2D eigenvalue weighted by Crippen LogP contribution is -1.85. The molecule has 0 unspecified atom stereocenters. The first-order chi connectivity index (χ1) is 27.2. The summed E-state index contributed by atoms with van der Waals surface area (Å²) >= 11 is 0. The Morgan fingerprint density at radius 2 is 0.491 bits per heavy atom. The van der Waals surface area contributed by atoms with E-state index in [2.05, 4.69) is 217 Å². The van der Waals surface area contributed by atoms with Gasteiger partial charge in [-0.15, -0.1) is 0 Å². The Morgan fingerprint density at radius 1 is 0.200 bits per heavy atom. The smallest absolute Gasteiger partial charge is 0.0620 e. The van der Waals surface area contributed by atoms with Crippen LogP contribution in [0.15, 0.2) is 212 Å². The van der Waals surface area contributed by atoms with E-state index in [4.69, 9.17) is 0 Å². The highest BCUT2D eigenvalue weighted by Gasteiger charge is 2.18. The minimum absolute atomic E-state index is 1.21. The summed E-state index contributed by atoms with van der Waals surface area (Å²) in [6, 6.07) is 77.5. The zero-order valence-corrected chi connectivity index (χ0v) is 30.2. The number of hydrogen-bond donors (Lipinski definition) is 0. The van der Waals surface area contributed by atoms with Crippen molar-refractivity contribution in [2.45, 2.75) is 0 Å². The summed E-state index contributed by atoms with van der Waals surface area (Å²) in [5.74, 6) is 0. The molecular formula is C54H35N. The largest absolute Gasteiger partial charge is 0.308 e. The number of rotatable bonds is 6. The number of aromatic nitrogens is 1. The molecule has 55 heavy (non-hydrogen) atoms. The summed E-state index contributed by atoms with van der Waals surface area (Å²) in [4.78, 5) is 0. The van der Waals surface area contributed by atoms with Gasteiger partial charge in [-0.05, 0) is 103 Å². The van der Waals surface area contributed by atoms with E-state index in [0.29, 0.717) is 0 Å². The minimum atomic E-state index is 1.21. The van der Waals surface area contributed by atoms with Gasteiger partial charge in [0.15, 0.2) is 0 Å². The fourth-order valence-electron chi connectivity index (χ4n) is 8.57. The monoisotopic (exact) mass is 697 g/mol. The lowest BCUT2D eigenvalue weighted by molar-refractivity contribution is 1.37. The quantitative estimate of drug-likeness (QED) is 0.163. The number of benzene rings is 9. The molecule has 2 aromatic heterocycles. The van der Waals surface area contributed by atoms with Crippen LogP contribution in [0.2, 0.25) is 0 Å². The maximum Gasteiger partial charge on any atom is 0.0620 e. The van der Waals surface area contributed by atoms with Gasteiger partial charge >= 0.3 is 0 Å². The standard InChI is InChI=1S/C54H35N/c1-3-10-36(11-4-1)38-20-24-40(25-21-38)42-14-7-15-43(32-42)44-16-8-17-45(33-44)47-29-31-53-51(35-47)49-19-9-18-48-50-34-46(28-30-52(50)55(53)54(48)49)41-26-22-39(23-27-41)37-12-5-2-6-13-37/h1-35H. The first-order valence-corrected chi connectivity index (χ1v) is 19.0. The SMILES string of the molecule is c1ccc(-c2ccc(-c3cccc(-c4cccc(-c5ccc6c(c5)c5cccc7c8cc(-c9ccc(-c%10ccccc%10)cc9)ccc8n6c75)c4)c3)cc2)cc1. The molecule has 0 radical (unpaired) electrons. The van der Waals surface area contributed by atoms with Crippen molar-refractivity contribution in [1.82, 2.24) is 4.40 Å². The third kappa shape index (κ3) is 5.32. The Labute approximate surface area is 320 Å². The highest BCUT2D eigenvalue weighted by molar-refractivity contribution is 6.24. The molecule has 0 fully saturated rings. The van der Waals surface area contributed by atoms with Gasteiger partial charge in [-0.2, -0.15) is 0 Å². The lowest BCUT2D eigenvalue weighted by atomic mass is 9.95. The van der Waals surface area contributed by atoms with Gasteiger partial charge in [-0.1, -0.05) is 176 Å². The van der Waals surface area contributed by atoms with Crippen molar-refractivity contribution in [3.8, 4) is 66.8 Å². The van der Waals surface area contributed by atoms with Crippen molar-refractivity contribution in [1.29, 1.82) is 0 Å². The summed E-state index contributed by atoms with van der Waals surface area (Å²) in [7, 11) is 0. The zero-order chi connectivity index (χ0) is 36.3. The summed E-state index contributed by atoms with van der Waals surface area (Å²) in [5.41, 5.74) is 18.5. The molecule has 1 nitrogen and oxygen atoms in total. The van der Waals surface area contributed by atoms with E-state index in [9.17, 15) is 0 Å². The molecule has 2 heterocycles. The van der Waals surface area contributed by atoms with Crippen molar-refractivity contribution in [2.75, 3.05) is 0 Å². The zero-order valence-electron chi connectivity index (χ0n) is 30.2. The molecular weight excluding hydrogens is 663 g/mol. The number of nitrogens with zero attached hydrogens (tertiary/aromatic N) is 1. The van der Waals surface area contributed by atoms with Gasteiger partial charge in [-0.3, -0.25) is 0 Å². The van der Waals surface area contributed by atoms with Crippen molar-refractivity contribution in [2.24, 2.45) is 0 Å². The normalized spacial score (nSPS) is 11.6. The summed E-state index contributed by atoms with van der Waals surface area (Å²) in [6.07, 6.45) is 0. The van der Waals surface area contributed by atoms with E-state index in [1.54, 1.807) is 0 Å². The molecule has 0 aliphatic heterocycles. The van der Waals surface area contributed by atoms with E-state index in [0.717, 1.165) is 0 Å². The van der Waals surface area contributed by atoms with E-state index in [1.807, 2.05) is 0 Å². The van der Waals surface area contributed by atoms with Crippen LogP contribution in [-0.2, 0) is 0 Å². The molecule has 0 atom stereocenters. The topological polar surface area (TPSA) is 4.41 Å². The van der Waals surface area contributed by atoms with Crippen molar-refractivity contribution in [3.63, 3.8) is 0 Å². The molecule has 0 bridgehead atoms. The molecule has 0 N–H and O–H groups in total. The maximum absolute atomic E-state index is 2.47. The van der Waals surface area contributed by atoms with Crippen LogP contribution in [0, 0.1) is 0 Å². The Morgan fingerprint density at radius 3 is 0.927 bits per heavy atom. The Kier molecular flexibility index (Phi) is 7.25. The highest BCUT2D eigenvalue weighted by atomic mass is 14.9. The maximum atomic E-state index is 2.47. The fraction of sp³-hybridized carbons (Fsp3) is 0. The van der Waals surface area contributed by atoms with Crippen LogP contribution in [-0.4, -0.2) is 4.40 Å². The third-order valence-electron chi connectivity index (χ3n) is 11.4. The first kappa shape index (κ1) is 31.3. The second-order valence-corrected chi connectivity index (χ2v) is 14.5. The van der Waals surface area contributed by atoms with E-state index in [-0.39, 0.29) is 0 Å². The van der Waals surface area contributed by atoms with Crippen LogP contribution >= 0.6 is 0 Å². The van der Waals surface area contributed by atoms with Crippen molar-refractivity contribution >= 4 is 38.1 Å². The van der Waals surface area contributed by atoms with E-state index >= 15 is 0 Å². The molecule has 0 spiro atoms. The van der Waals surface area contributed by atoms with Crippen LogP contribution in [0.25, 0.3) is 105 Å². The molecule has 11 rings (SSSR count). The Bertz CT molecular complexity index is 3150. The van der Waals surface area contributed by atoms with Gasteiger partial charge in [0.1, 0.15) is 0 Å². The number of para-hydroxylation sites is 1. The van der Waals surface area contributed by atoms with Crippen molar-refractivity contribution < 1.29 is 0 Å². The molecule has 0 saturated heterocycles. The Hall–Kier alpha value is -7.22. The van der Waals surface area contributed by atoms with Gasteiger partial charge in [0.25, 0.3) is 0 Å². The molecule has 0 amide bonds. The Balaban J connectivity index is 0.935. The van der Waals surface area contributed by atoms with Gasteiger partial charge in [0, 0.05) is 21.5 Å². The predicted octanol–water partition coefficient (Wildman–Crippen LogP) is 14.8. The summed E-state index contributed by atoms with van der Waals surface area (Å²) in [5, 5.41) is 5.16. The molecule has 9 aromatic carbocycles. The second-order valence-electron chi connectivity index (χ2n) is 14.5. The van der Waals surface area contributed by atoms with Crippen LogP contribution in [0.1, 0.15) is 0 Å². The molecule has 256 valence electrons. The molecule has 0 saturated carbocycles. The highest BCUT2D eigenvalue weighted by Crippen LogP contribution is 2.42. The number of fused-ring (bicyclic) bond motifs is 6. The number of hydrogen-bond acceptors (Lipinski definition) is 0. The average Bonchev–Trinajstić information content (AvgIpc) is 3.79. The van der Waals surface area contributed by atoms with E-state index < -0.39 is 0 Å². The van der Waals surface area contributed by atoms with Gasteiger partial charge < -0.3 is 4.40 Å². The molecule has 11 aromatic rings. The molecule has 1 heteroatoms. The van der Waals surface area contributed by atoms with Gasteiger partial charge in [0.05, 0.1) is 16.6 Å². The van der Waals surface area contributed by atoms with Crippen molar-refractivity contribution in [3.05, 3.63) is 212 Å². The molecule has 0 aliphatic rings. The van der Waals surface area contributed by atoms with Crippen LogP contribution in [0.5, 0.6) is 0 Å². The average molecular weight is 698 g/mol. The van der Waals surface area contributed by atoms with Gasteiger partial charge in [-0.25, -0.2) is 0 Å². The van der Waals surface area contributed by atoms with E-state index in [1.165, 1.54) is 105 Å². The predicted molar refractivity (Wildman–Crippen MR) is 234 cm³/mol. The fourth-order valence-corrected chi connectivity index (χ4v) is 8.57. The lowest BCUT2D eigenvalue weighted by Gasteiger charge is -2.10.